The fraction of sp³-hybridized carbons (Fsp3) is 0.808. The minimum absolute atomic E-state index is 0.698. The standard InChI is InChI=1S/C26H39N/c1-2-6-21-8-12-23(13-9-21)25-16-18-26(19-17-25)24-14-10-22(11-15-24)7-4-3-5-20-27/h4,7,21-26H,2,6,8-19H2,1H3/t21-,22-,23-,24-,25-,26-. The molecule has 3 saturated carbocycles. The van der Waals surface area contributed by atoms with Gasteiger partial charge in [-0.25, -0.2) is 0 Å². The van der Waals surface area contributed by atoms with Gasteiger partial charge in [0, 0.05) is 5.92 Å². The highest BCUT2D eigenvalue weighted by atomic mass is 14.4. The van der Waals surface area contributed by atoms with Gasteiger partial charge in [0.15, 0.2) is 6.07 Å². The lowest BCUT2D eigenvalue weighted by Crippen LogP contribution is -2.29. The Bertz CT molecular complexity index is 547. The molecule has 0 aromatic heterocycles. The fourth-order valence-corrected chi connectivity index (χ4v) is 6.51. The van der Waals surface area contributed by atoms with Crippen LogP contribution in [0.1, 0.15) is 96.8 Å². The van der Waals surface area contributed by atoms with Crippen molar-refractivity contribution in [3.63, 3.8) is 0 Å². The molecule has 0 unspecified atom stereocenters. The zero-order valence-corrected chi connectivity index (χ0v) is 17.5. The van der Waals surface area contributed by atoms with Gasteiger partial charge in [-0.15, -0.1) is 0 Å². The van der Waals surface area contributed by atoms with Gasteiger partial charge >= 0.3 is 0 Å². The van der Waals surface area contributed by atoms with E-state index in [1.54, 1.807) is 0 Å². The van der Waals surface area contributed by atoms with Crippen LogP contribution in [0.2, 0.25) is 0 Å². The van der Waals surface area contributed by atoms with Crippen LogP contribution in [-0.2, 0) is 0 Å². The highest BCUT2D eigenvalue weighted by Gasteiger charge is 2.34. The van der Waals surface area contributed by atoms with Crippen molar-refractivity contribution in [1.82, 2.24) is 0 Å². The normalized spacial score (nSPS) is 37.3. The summed E-state index contributed by atoms with van der Waals surface area (Å²) >= 11 is 0. The summed E-state index contributed by atoms with van der Waals surface area (Å²) in [5.74, 6) is 11.1. The average molecular weight is 366 g/mol. The summed E-state index contributed by atoms with van der Waals surface area (Å²) in [6.07, 6.45) is 24.7. The van der Waals surface area contributed by atoms with E-state index in [1.165, 1.54) is 89.9 Å². The highest BCUT2D eigenvalue weighted by Crippen LogP contribution is 2.46. The van der Waals surface area contributed by atoms with Crippen LogP contribution in [0.5, 0.6) is 0 Å². The van der Waals surface area contributed by atoms with Crippen LogP contribution >= 0.6 is 0 Å². The van der Waals surface area contributed by atoms with Crippen LogP contribution in [0.4, 0.5) is 0 Å². The number of hydrogen-bond acceptors (Lipinski definition) is 1. The lowest BCUT2D eigenvalue weighted by molar-refractivity contribution is 0.107. The zero-order valence-electron chi connectivity index (χ0n) is 17.5. The van der Waals surface area contributed by atoms with Crippen molar-refractivity contribution in [2.24, 2.45) is 35.5 Å². The summed E-state index contributed by atoms with van der Waals surface area (Å²) in [7, 11) is 0. The minimum Gasteiger partial charge on any atom is -0.183 e. The Morgan fingerprint density at radius 3 is 1.70 bits per heavy atom. The van der Waals surface area contributed by atoms with Crippen molar-refractivity contribution in [2.75, 3.05) is 0 Å². The van der Waals surface area contributed by atoms with Gasteiger partial charge in [0.05, 0.1) is 0 Å². The Balaban J connectivity index is 1.35. The Kier molecular flexibility index (Phi) is 8.33. The van der Waals surface area contributed by atoms with E-state index in [-0.39, 0.29) is 0 Å². The van der Waals surface area contributed by atoms with Gasteiger partial charge in [-0.05, 0) is 106 Å². The highest BCUT2D eigenvalue weighted by molar-refractivity contribution is 5.25. The third-order valence-electron chi connectivity index (χ3n) is 8.13. The number of hydrogen-bond donors (Lipinski definition) is 0. The molecule has 0 N–H and O–H groups in total. The first kappa shape index (κ1) is 20.5. The van der Waals surface area contributed by atoms with Crippen LogP contribution in [0.25, 0.3) is 0 Å². The number of nitriles is 1. The van der Waals surface area contributed by atoms with Gasteiger partial charge in [0.1, 0.15) is 0 Å². The first-order valence-corrected chi connectivity index (χ1v) is 11.9. The predicted molar refractivity (Wildman–Crippen MR) is 114 cm³/mol. The first-order valence-electron chi connectivity index (χ1n) is 11.9. The molecule has 0 aromatic rings. The summed E-state index contributed by atoms with van der Waals surface area (Å²) in [5, 5.41) is 8.46. The summed E-state index contributed by atoms with van der Waals surface area (Å²) < 4.78 is 0. The molecule has 0 heterocycles. The lowest BCUT2D eigenvalue weighted by Gasteiger charge is -2.41. The molecule has 0 radical (unpaired) electrons. The molecule has 3 aliphatic carbocycles. The van der Waals surface area contributed by atoms with Crippen molar-refractivity contribution in [1.29, 1.82) is 5.26 Å². The Morgan fingerprint density at radius 1 is 0.741 bits per heavy atom. The summed E-state index contributed by atoms with van der Waals surface area (Å²) in [6.45, 7) is 2.35. The maximum absolute atomic E-state index is 8.46. The van der Waals surface area contributed by atoms with E-state index in [4.69, 9.17) is 5.26 Å². The third kappa shape index (κ3) is 6.14. The molecule has 148 valence electrons. The Hall–Kier alpha value is -1.21. The van der Waals surface area contributed by atoms with Gasteiger partial charge in [0.25, 0.3) is 0 Å². The van der Waals surface area contributed by atoms with E-state index in [2.05, 4.69) is 24.8 Å². The van der Waals surface area contributed by atoms with Gasteiger partial charge in [0.2, 0.25) is 0 Å². The summed E-state index contributed by atoms with van der Waals surface area (Å²) in [4.78, 5) is 0. The van der Waals surface area contributed by atoms with Crippen LogP contribution in [0.3, 0.4) is 0 Å². The molecule has 0 amide bonds. The fourth-order valence-electron chi connectivity index (χ4n) is 6.51. The molecule has 0 aromatic carbocycles. The molecule has 0 aliphatic heterocycles. The van der Waals surface area contributed by atoms with Gasteiger partial charge in [-0.1, -0.05) is 44.6 Å². The second-order valence-electron chi connectivity index (χ2n) is 9.66. The average Bonchev–Trinajstić information content (AvgIpc) is 2.73. The third-order valence-corrected chi connectivity index (χ3v) is 8.13. The van der Waals surface area contributed by atoms with Crippen molar-refractivity contribution in [3.05, 3.63) is 12.2 Å². The van der Waals surface area contributed by atoms with E-state index < -0.39 is 0 Å². The van der Waals surface area contributed by atoms with E-state index in [9.17, 15) is 0 Å². The van der Waals surface area contributed by atoms with E-state index in [0.29, 0.717) is 5.92 Å². The van der Waals surface area contributed by atoms with Gasteiger partial charge in [-0.3, -0.25) is 0 Å². The van der Waals surface area contributed by atoms with Crippen LogP contribution in [-0.4, -0.2) is 0 Å². The molecule has 0 atom stereocenters. The maximum Gasteiger partial charge on any atom is 0.152 e. The molecule has 1 nitrogen and oxygen atoms in total. The van der Waals surface area contributed by atoms with Crippen molar-refractivity contribution >= 4 is 0 Å². The monoisotopic (exact) mass is 365 g/mol. The number of nitrogens with zero attached hydrogens (tertiary/aromatic N) is 1. The maximum atomic E-state index is 8.46. The van der Waals surface area contributed by atoms with Crippen LogP contribution in [0.15, 0.2) is 12.2 Å². The molecule has 3 fully saturated rings. The molecule has 3 rings (SSSR count). The van der Waals surface area contributed by atoms with Crippen molar-refractivity contribution in [2.45, 2.75) is 96.8 Å². The topological polar surface area (TPSA) is 23.8 Å². The molecule has 27 heavy (non-hydrogen) atoms. The lowest BCUT2D eigenvalue weighted by atomic mass is 9.65. The van der Waals surface area contributed by atoms with Crippen LogP contribution < -0.4 is 0 Å². The molecular weight excluding hydrogens is 326 g/mol. The van der Waals surface area contributed by atoms with Crippen LogP contribution in [0, 0.1) is 58.7 Å². The van der Waals surface area contributed by atoms with Crippen molar-refractivity contribution in [3.8, 4) is 17.9 Å². The van der Waals surface area contributed by atoms with E-state index >= 15 is 0 Å². The number of allylic oxidation sites excluding steroid dienone is 2. The molecule has 1 heteroatoms. The van der Waals surface area contributed by atoms with E-state index in [1.807, 2.05) is 12.1 Å². The zero-order chi connectivity index (χ0) is 18.9. The molecular formula is C26H39N. The van der Waals surface area contributed by atoms with Crippen molar-refractivity contribution < 1.29 is 0 Å². The summed E-state index contributed by atoms with van der Waals surface area (Å²) in [6, 6.07) is 1.88. The summed E-state index contributed by atoms with van der Waals surface area (Å²) in [5.41, 5.74) is 0. The van der Waals surface area contributed by atoms with Gasteiger partial charge < -0.3 is 0 Å². The SMILES string of the molecule is CCC[C@H]1CC[C@H]([C@H]2CC[C@H]([C@H]3CC[C@H](C=CC#CC#N)CC3)CC2)CC1. The molecule has 3 aliphatic rings. The predicted octanol–water partition coefficient (Wildman–Crippen LogP) is 7.29. The molecule has 0 bridgehead atoms. The smallest absolute Gasteiger partial charge is 0.152 e. The second kappa shape index (κ2) is 11.0. The first-order chi connectivity index (χ1) is 13.3. The Morgan fingerprint density at radius 2 is 1.22 bits per heavy atom. The minimum atomic E-state index is 0.698. The molecule has 0 spiro atoms. The second-order valence-corrected chi connectivity index (χ2v) is 9.66. The quantitative estimate of drug-likeness (QED) is 0.469. The largest absolute Gasteiger partial charge is 0.183 e. The molecule has 0 saturated heterocycles. The number of rotatable bonds is 5. The van der Waals surface area contributed by atoms with Gasteiger partial charge in [-0.2, -0.15) is 5.26 Å². The Labute approximate surface area is 168 Å². The van der Waals surface area contributed by atoms with E-state index in [0.717, 1.165) is 29.6 Å².